The lowest BCUT2D eigenvalue weighted by molar-refractivity contribution is 0.258. The summed E-state index contributed by atoms with van der Waals surface area (Å²) in [4.78, 5) is 15.2. The van der Waals surface area contributed by atoms with Gasteiger partial charge in [0.1, 0.15) is 5.82 Å². The number of benzene rings is 2. The van der Waals surface area contributed by atoms with Crippen LogP contribution >= 0.6 is 23.2 Å². The van der Waals surface area contributed by atoms with E-state index in [-0.39, 0.29) is 31.9 Å². The summed E-state index contributed by atoms with van der Waals surface area (Å²) in [5.74, 6) is 0.271. The number of rotatable bonds is 5. The van der Waals surface area contributed by atoms with Crippen molar-refractivity contribution >= 4 is 45.0 Å². The fraction of sp³-hybridized carbons (Fsp3) is 0.292. The molecule has 1 aliphatic heterocycles. The van der Waals surface area contributed by atoms with Crippen molar-refractivity contribution in [1.29, 1.82) is 0 Å². The second kappa shape index (κ2) is 9.49. The molecule has 2 aliphatic rings. The number of piperazine rings is 1. The number of halogens is 3. The van der Waals surface area contributed by atoms with Crippen LogP contribution in [-0.4, -0.2) is 54.3 Å². The Morgan fingerprint density at radius 1 is 1.08 bits per heavy atom. The van der Waals surface area contributed by atoms with Crippen LogP contribution in [0.2, 0.25) is 10.0 Å². The highest BCUT2D eigenvalue weighted by atomic mass is 35.5. The van der Waals surface area contributed by atoms with Crippen molar-refractivity contribution in [3.63, 3.8) is 0 Å². The molecule has 188 valence electrons. The Morgan fingerprint density at radius 2 is 1.72 bits per heavy atom. The van der Waals surface area contributed by atoms with E-state index in [9.17, 15) is 12.8 Å². The second-order valence-corrected chi connectivity index (χ2v) is 11.4. The normalized spacial score (nSPS) is 17.4. The summed E-state index contributed by atoms with van der Waals surface area (Å²) in [6.45, 7) is 3.52. The summed E-state index contributed by atoms with van der Waals surface area (Å²) in [6, 6.07) is 10.5. The number of amidine groups is 1. The molecule has 8 nitrogen and oxygen atoms in total. The van der Waals surface area contributed by atoms with Crippen LogP contribution in [0.25, 0.3) is 0 Å². The summed E-state index contributed by atoms with van der Waals surface area (Å²) in [7, 11) is -3.98. The molecule has 2 fully saturated rings. The number of aromatic nitrogens is 2. The van der Waals surface area contributed by atoms with Gasteiger partial charge in [-0.1, -0.05) is 40.9 Å². The lowest BCUT2D eigenvalue weighted by Crippen LogP contribution is -2.58. The van der Waals surface area contributed by atoms with Crippen molar-refractivity contribution in [3.05, 3.63) is 81.8 Å². The zero-order valence-electron chi connectivity index (χ0n) is 19.3. The van der Waals surface area contributed by atoms with Gasteiger partial charge >= 0.3 is 0 Å². The van der Waals surface area contributed by atoms with Gasteiger partial charge in [0.15, 0.2) is 5.84 Å². The summed E-state index contributed by atoms with van der Waals surface area (Å²) < 4.78 is 40.0. The molecular weight excluding hydrogens is 526 g/mol. The molecule has 0 bridgehead atoms. The zero-order valence-corrected chi connectivity index (χ0v) is 21.7. The maximum absolute atomic E-state index is 14.0. The summed E-state index contributed by atoms with van der Waals surface area (Å²) in [5.41, 5.74) is 0.855. The Morgan fingerprint density at radius 3 is 2.33 bits per heavy atom. The number of aryl methyl sites for hydroxylation is 1. The molecule has 36 heavy (non-hydrogen) atoms. The number of hydrazone groups is 1. The quantitative estimate of drug-likeness (QED) is 0.291. The predicted molar refractivity (Wildman–Crippen MR) is 137 cm³/mol. The van der Waals surface area contributed by atoms with Gasteiger partial charge in [-0.2, -0.15) is 13.2 Å². The maximum Gasteiger partial charge on any atom is 0.276 e. The molecule has 2 aromatic carbocycles. The minimum absolute atomic E-state index is 0.0397. The molecule has 0 atom stereocenters. The molecular formula is C24H23Cl2FN6O2S. The highest BCUT2D eigenvalue weighted by Crippen LogP contribution is 2.46. The number of sulfonamides is 1. The van der Waals surface area contributed by atoms with E-state index in [1.54, 1.807) is 30.6 Å². The van der Waals surface area contributed by atoms with Crippen molar-refractivity contribution in [2.45, 2.75) is 30.2 Å². The van der Waals surface area contributed by atoms with E-state index >= 15 is 0 Å². The van der Waals surface area contributed by atoms with E-state index in [2.05, 4.69) is 24.8 Å². The first kappa shape index (κ1) is 24.7. The van der Waals surface area contributed by atoms with Gasteiger partial charge in [-0.15, -0.1) is 5.10 Å². The highest BCUT2D eigenvalue weighted by Gasteiger charge is 2.53. The summed E-state index contributed by atoms with van der Waals surface area (Å²) in [5, 5.41) is 4.42. The number of hydrogen-bond donors (Lipinski definition) is 1. The number of hydrogen-bond acceptors (Lipinski definition) is 6. The van der Waals surface area contributed by atoms with Crippen molar-refractivity contribution in [1.82, 2.24) is 19.7 Å². The second-order valence-electron chi connectivity index (χ2n) is 8.93. The largest absolute Gasteiger partial charge is 0.345 e. The van der Waals surface area contributed by atoms with Gasteiger partial charge < -0.3 is 9.80 Å². The minimum atomic E-state index is -3.98. The molecule has 12 heteroatoms. The average Bonchev–Trinajstić information content (AvgIpc) is 3.61. The minimum Gasteiger partial charge on any atom is -0.345 e. The van der Waals surface area contributed by atoms with E-state index in [4.69, 9.17) is 23.2 Å². The molecule has 2 heterocycles. The fourth-order valence-corrected chi connectivity index (χ4v) is 5.82. The lowest BCUT2D eigenvalue weighted by Gasteiger charge is -2.44. The van der Waals surface area contributed by atoms with Crippen molar-refractivity contribution in [2.75, 3.05) is 24.5 Å². The fourth-order valence-electron chi connectivity index (χ4n) is 4.39. The van der Waals surface area contributed by atoms with Crippen LogP contribution in [0, 0.1) is 12.7 Å². The molecule has 1 aromatic heterocycles. The third kappa shape index (κ3) is 4.85. The Labute approximate surface area is 218 Å². The van der Waals surface area contributed by atoms with Crippen LogP contribution in [0.1, 0.15) is 24.0 Å². The van der Waals surface area contributed by atoms with E-state index in [0.717, 1.165) is 30.5 Å². The van der Waals surface area contributed by atoms with Crippen LogP contribution in [0.15, 0.2) is 64.9 Å². The topological polar surface area (TPSA) is 90.8 Å². The van der Waals surface area contributed by atoms with Gasteiger partial charge in [0.25, 0.3) is 10.0 Å². The number of nitrogens with one attached hydrogen (secondary N) is 1. The van der Waals surface area contributed by atoms with Gasteiger partial charge in [-0.25, -0.2) is 14.4 Å². The average molecular weight is 549 g/mol. The highest BCUT2D eigenvalue weighted by molar-refractivity contribution is 7.89. The molecule has 3 aromatic rings. The van der Waals surface area contributed by atoms with Gasteiger partial charge in [-0.3, -0.25) is 0 Å². The first-order chi connectivity index (χ1) is 17.2. The SMILES string of the molecule is Cc1ccc(S(=O)(=O)N/N=C(/c2c(Cl)cc(F)cc2Cl)N2CCN(c3ncccn3)CC23CC3)cc1. The Kier molecular flexibility index (Phi) is 6.52. The summed E-state index contributed by atoms with van der Waals surface area (Å²) in [6.07, 6.45) is 5.07. The molecule has 1 aliphatic carbocycles. The standard InChI is InChI=1S/C24H23Cl2FN6O2S/c1-16-3-5-18(6-4-16)36(34,35)31-30-22(21-19(25)13-17(27)14-20(21)26)33-12-11-32(15-24(33)7-8-24)23-28-9-2-10-29-23/h2-6,9-10,13-14,31H,7-8,11-12,15H2,1H3/b30-22-. The molecule has 0 amide bonds. The Hall–Kier alpha value is -2.95. The molecule has 1 spiro atoms. The summed E-state index contributed by atoms with van der Waals surface area (Å²) >= 11 is 12.9. The van der Waals surface area contributed by atoms with Crippen LogP contribution in [0.3, 0.4) is 0 Å². The van der Waals surface area contributed by atoms with Crippen LogP contribution in [0.5, 0.6) is 0 Å². The Bertz CT molecular complexity index is 1390. The van der Waals surface area contributed by atoms with Crippen LogP contribution in [0.4, 0.5) is 10.3 Å². The van der Waals surface area contributed by atoms with Gasteiger partial charge in [0, 0.05) is 32.0 Å². The first-order valence-electron chi connectivity index (χ1n) is 11.3. The third-order valence-electron chi connectivity index (χ3n) is 6.40. The van der Waals surface area contributed by atoms with Gasteiger partial charge in [0.05, 0.1) is 26.0 Å². The molecule has 1 saturated carbocycles. The van der Waals surface area contributed by atoms with Crippen molar-refractivity contribution < 1.29 is 12.8 Å². The van der Waals surface area contributed by atoms with Crippen molar-refractivity contribution in [2.24, 2.45) is 5.10 Å². The molecule has 1 saturated heterocycles. The van der Waals surface area contributed by atoms with E-state index in [1.165, 1.54) is 12.1 Å². The van der Waals surface area contributed by atoms with Crippen LogP contribution < -0.4 is 9.73 Å². The van der Waals surface area contributed by atoms with E-state index in [0.29, 0.717) is 25.6 Å². The van der Waals surface area contributed by atoms with E-state index < -0.39 is 15.8 Å². The third-order valence-corrected chi connectivity index (χ3v) is 8.22. The first-order valence-corrected chi connectivity index (χ1v) is 13.5. The maximum atomic E-state index is 14.0. The smallest absolute Gasteiger partial charge is 0.276 e. The van der Waals surface area contributed by atoms with Crippen molar-refractivity contribution in [3.8, 4) is 0 Å². The van der Waals surface area contributed by atoms with Gasteiger partial charge in [0.2, 0.25) is 5.95 Å². The molecule has 0 unspecified atom stereocenters. The molecule has 1 N–H and O–H groups in total. The monoisotopic (exact) mass is 548 g/mol. The number of anilines is 1. The van der Waals surface area contributed by atoms with Gasteiger partial charge in [-0.05, 0) is 50.1 Å². The number of nitrogens with zero attached hydrogens (tertiary/aromatic N) is 5. The Balaban J connectivity index is 1.53. The lowest BCUT2D eigenvalue weighted by atomic mass is 10.1. The van der Waals surface area contributed by atoms with Crippen LogP contribution in [-0.2, 0) is 10.0 Å². The molecule has 0 radical (unpaired) electrons. The zero-order chi connectivity index (χ0) is 25.5. The van der Waals surface area contributed by atoms with E-state index in [1.807, 2.05) is 11.8 Å². The molecule has 5 rings (SSSR count). The predicted octanol–water partition coefficient (Wildman–Crippen LogP) is 4.23.